The minimum Gasteiger partial charge on any atom is -0.330 e. The maximum atomic E-state index is 13.1. The average Bonchev–Trinajstić information content (AvgIpc) is 2.65. The van der Waals surface area contributed by atoms with Crippen molar-refractivity contribution >= 4 is 11.6 Å². The maximum absolute atomic E-state index is 13.1. The van der Waals surface area contributed by atoms with E-state index in [-0.39, 0.29) is 5.02 Å². The van der Waals surface area contributed by atoms with Gasteiger partial charge in [-0.05, 0) is 31.2 Å². The summed E-state index contributed by atoms with van der Waals surface area (Å²) in [5.41, 5.74) is 9.15. The van der Waals surface area contributed by atoms with Crippen LogP contribution in [0.1, 0.15) is 11.4 Å². The number of hydrogen-bond acceptors (Lipinski definition) is 2. The normalized spacial score (nSPS) is 10.8. The highest BCUT2D eigenvalue weighted by Gasteiger charge is 2.13. The fourth-order valence-corrected chi connectivity index (χ4v) is 2.01. The van der Waals surface area contributed by atoms with E-state index in [2.05, 4.69) is 10.2 Å². The smallest absolute Gasteiger partial charge is 0.141 e. The Morgan fingerprint density at radius 1 is 1.47 bits per heavy atom. The first-order valence-corrected chi connectivity index (χ1v) is 5.70. The summed E-state index contributed by atoms with van der Waals surface area (Å²) < 4.78 is 13.1. The molecule has 0 amide bonds. The fraction of sp³-hybridized carbons (Fsp3) is 0.250. The van der Waals surface area contributed by atoms with E-state index < -0.39 is 5.82 Å². The Morgan fingerprint density at radius 3 is 2.88 bits per heavy atom. The molecule has 0 fully saturated rings. The highest BCUT2D eigenvalue weighted by molar-refractivity contribution is 6.31. The van der Waals surface area contributed by atoms with Crippen molar-refractivity contribution in [3.63, 3.8) is 0 Å². The van der Waals surface area contributed by atoms with Gasteiger partial charge in [0.25, 0.3) is 0 Å². The van der Waals surface area contributed by atoms with Crippen molar-refractivity contribution in [1.29, 1.82) is 0 Å². The molecule has 0 unspecified atom stereocenters. The topological polar surface area (TPSA) is 54.7 Å². The van der Waals surface area contributed by atoms with Crippen LogP contribution in [0.5, 0.6) is 0 Å². The minimum absolute atomic E-state index is 0.113. The summed E-state index contributed by atoms with van der Waals surface area (Å²) in [5, 5.41) is 7.22. The molecule has 0 aliphatic heterocycles. The summed E-state index contributed by atoms with van der Waals surface area (Å²) in [6, 6.07) is 4.66. The number of halogens is 2. The molecule has 0 atom stereocenters. The van der Waals surface area contributed by atoms with E-state index in [1.54, 1.807) is 12.1 Å². The van der Waals surface area contributed by atoms with Crippen LogP contribution in [-0.2, 0) is 6.42 Å². The quantitative estimate of drug-likeness (QED) is 0.884. The van der Waals surface area contributed by atoms with E-state index in [1.165, 1.54) is 6.07 Å². The molecule has 0 saturated heterocycles. The molecule has 0 radical (unpaired) electrons. The van der Waals surface area contributed by atoms with Crippen LogP contribution in [0, 0.1) is 12.7 Å². The molecule has 1 aromatic heterocycles. The van der Waals surface area contributed by atoms with E-state index >= 15 is 0 Å². The fourth-order valence-electron chi connectivity index (χ4n) is 1.83. The van der Waals surface area contributed by atoms with Gasteiger partial charge in [0.05, 0.1) is 10.7 Å². The lowest BCUT2D eigenvalue weighted by molar-refractivity contribution is 0.628. The van der Waals surface area contributed by atoms with Gasteiger partial charge in [0, 0.05) is 17.7 Å². The van der Waals surface area contributed by atoms with Crippen molar-refractivity contribution in [3.05, 3.63) is 40.4 Å². The Labute approximate surface area is 104 Å². The van der Waals surface area contributed by atoms with Crippen LogP contribution in [-0.4, -0.2) is 16.7 Å². The third-order valence-electron chi connectivity index (χ3n) is 2.61. The predicted molar refractivity (Wildman–Crippen MR) is 66.5 cm³/mol. The molecule has 5 heteroatoms. The lowest BCUT2D eigenvalue weighted by Gasteiger charge is -2.04. The maximum Gasteiger partial charge on any atom is 0.141 e. The Kier molecular flexibility index (Phi) is 3.45. The molecule has 0 aliphatic carbocycles. The van der Waals surface area contributed by atoms with Gasteiger partial charge in [-0.2, -0.15) is 5.10 Å². The molecule has 0 aliphatic rings. The van der Waals surface area contributed by atoms with Gasteiger partial charge in [-0.1, -0.05) is 17.7 Å². The van der Waals surface area contributed by atoms with Crippen LogP contribution in [0.4, 0.5) is 4.39 Å². The average molecular weight is 254 g/mol. The highest BCUT2D eigenvalue weighted by Crippen LogP contribution is 2.29. The number of aromatic amines is 1. The minimum atomic E-state index is -0.420. The molecule has 3 N–H and O–H groups in total. The lowest BCUT2D eigenvalue weighted by atomic mass is 10.0. The molecule has 3 nitrogen and oxygen atoms in total. The summed E-state index contributed by atoms with van der Waals surface area (Å²) >= 11 is 5.78. The number of nitrogens with one attached hydrogen (secondary N) is 1. The summed E-state index contributed by atoms with van der Waals surface area (Å²) in [6.07, 6.45) is 0.675. The monoisotopic (exact) mass is 253 g/mol. The van der Waals surface area contributed by atoms with Crippen molar-refractivity contribution in [3.8, 4) is 11.1 Å². The molecule has 0 saturated carbocycles. The Bertz CT molecular complexity index is 537. The third-order valence-corrected chi connectivity index (χ3v) is 2.90. The van der Waals surface area contributed by atoms with Gasteiger partial charge in [0.15, 0.2) is 0 Å². The van der Waals surface area contributed by atoms with Gasteiger partial charge in [0.1, 0.15) is 5.82 Å². The van der Waals surface area contributed by atoms with Gasteiger partial charge >= 0.3 is 0 Å². The van der Waals surface area contributed by atoms with Crippen molar-refractivity contribution < 1.29 is 4.39 Å². The van der Waals surface area contributed by atoms with E-state index in [9.17, 15) is 4.39 Å². The number of hydrogen-bond donors (Lipinski definition) is 2. The number of H-pyrrole nitrogens is 1. The van der Waals surface area contributed by atoms with E-state index in [0.717, 1.165) is 22.5 Å². The zero-order chi connectivity index (χ0) is 12.4. The number of aromatic nitrogens is 2. The molecule has 0 bridgehead atoms. The molecule has 0 spiro atoms. The van der Waals surface area contributed by atoms with Crippen LogP contribution in [0.25, 0.3) is 11.1 Å². The van der Waals surface area contributed by atoms with Gasteiger partial charge in [-0.15, -0.1) is 0 Å². The Balaban J connectivity index is 2.51. The number of aryl methyl sites for hydroxylation is 1. The van der Waals surface area contributed by atoms with Crippen LogP contribution in [0.15, 0.2) is 18.2 Å². The molecular weight excluding hydrogens is 241 g/mol. The van der Waals surface area contributed by atoms with Crippen LogP contribution in [0.2, 0.25) is 5.02 Å². The number of nitrogens with zero attached hydrogens (tertiary/aromatic N) is 1. The zero-order valence-electron chi connectivity index (χ0n) is 9.43. The predicted octanol–water partition coefficient (Wildman–Crippen LogP) is 2.68. The van der Waals surface area contributed by atoms with Crippen LogP contribution >= 0.6 is 11.6 Å². The SMILES string of the molecule is Cc1[nH]nc(CCN)c1-c1ccc(F)c(Cl)c1. The number of benzene rings is 1. The second-order valence-corrected chi connectivity index (χ2v) is 4.25. The molecule has 90 valence electrons. The second-order valence-electron chi connectivity index (χ2n) is 3.84. The molecule has 17 heavy (non-hydrogen) atoms. The standard InChI is InChI=1S/C12H13ClFN3/c1-7-12(11(4-5-15)17-16-7)8-2-3-10(14)9(13)6-8/h2-3,6H,4-5,15H2,1H3,(H,16,17). The van der Waals surface area contributed by atoms with E-state index in [1.807, 2.05) is 6.92 Å². The summed E-state index contributed by atoms with van der Waals surface area (Å²) in [4.78, 5) is 0. The summed E-state index contributed by atoms with van der Waals surface area (Å²) in [6.45, 7) is 2.44. The van der Waals surface area contributed by atoms with E-state index in [4.69, 9.17) is 17.3 Å². The molecule has 2 aromatic rings. The first-order chi connectivity index (χ1) is 8.13. The Morgan fingerprint density at radius 2 is 2.24 bits per heavy atom. The van der Waals surface area contributed by atoms with Crippen molar-refractivity contribution in [2.45, 2.75) is 13.3 Å². The van der Waals surface area contributed by atoms with E-state index in [0.29, 0.717) is 13.0 Å². The first-order valence-electron chi connectivity index (χ1n) is 5.33. The van der Waals surface area contributed by atoms with Gasteiger partial charge in [0.2, 0.25) is 0 Å². The van der Waals surface area contributed by atoms with Crippen molar-refractivity contribution in [2.75, 3.05) is 6.54 Å². The molecule has 2 rings (SSSR count). The van der Waals surface area contributed by atoms with Crippen molar-refractivity contribution in [1.82, 2.24) is 10.2 Å². The van der Waals surface area contributed by atoms with Crippen LogP contribution in [0.3, 0.4) is 0 Å². The molecule has 1 heterocycles. The highest BCUT2D eigenvalue weighted by atomic mass is 35.5. The number of nitrogens with two attached hydrogens (primary N) is 1. The largest absolute Gasteiger partial charge is 0.330 e. The van der Waals surface area contributed by atoms with Crippen molar-refractivity contribution in [2.24, 2.45) is 5.73 Å². The van der Waals surface area contributed by atoms with Gasteiger partial charge in [-0.3, -0.25) is 5.10 Å². The summed E-state index contributed by atoms with van der Waals surface area (Å²) in [7, 11) is 0. The van der Waals surface area contributed by atoms with Gasteiger partial charge in [-0.25, -0.2) is 4.39 Å². The second kappa shape index (κ2) is 4.85. The zero-order valence-corrected chi connectivity index (χ0v) is 10.2. The lowest BCUT2D eigenvalue weighted by Crippen LogP contribution is -2.04. The number of rotatable bonds is 3. The first kappa shape index (κ1) is 12.1. The Hall–Kier alpha value is -1.39. The van der Waals surface area contributed by atoms with Gasteiger partial charge < -0.3 is 5.73 Å². The van der Waals surface area contributed by atoms with Crippen LogP contribution < -0.4 is 5.73 Å². The molecular formula is C12H13ClFN3. The summed E-state index contributed by atoms with van der Waals surface area (Å²) in [5.74, 6) is -0.420. The third kappa shape index (κ3) is 2.33. The molecule has 1 aromatic carbocycles.